The van der Waals surface area contributed by atoms with E-state index in [1.165, 1.54) is 0 Å². The van der Waals surface area contributed by atoms with Crippen molar-refractivity contribution < 1.29 is 14.6 Å². The molecule has 2 N–H and O–H groups in total. The first kappa shape index (κ1) is 20.8. The predicted octanol–water partition coefficient (Wildman–Crippen LogP) is 5.22. The smallest absolute Gasteiger partial charge is 0.255 e. The zero-order valence-corrected chi connectivity index (χ0v) is 17.7. The SMILES string of the molecule is CC(C)(C)OC(O)n1c(-c2ccccc2)nc2ccc(NC(=O)c3ccccc3)cc21. The van der Waals surface area contributed by atoms with Gasteiger partial charge in [-0.15, -0.1) is 0 Å². The number of nitrogens with zero attached hydrogens (tertiary/aromatic N) is 2. The van der Waals surface area contributed by atoms with E-state index in [9.17, 15) is 9.90 Å². The first-order chi connectivity index (χ1) is 14.8. The summed E-state index contributed by atoms with van der Waals surface area (Å²) in [5, 5.41) is 13.9. The highest BCUT2D eigenvalue weighted by Crippen LogP contribution is 2.31. The van der Waals surface area contributed by atoms with Crippen LogP contribution in [0.15, 0.2) is 78.9 Å². The Kier molecular flexibility index (Phi) is 5.59. The Labute approximate surface area is 181 Å². The molecular weight excluding hydrogens is 390 g/mol. The predicted molar refractivity (Wildman–Crippen MR) is 122 cm³/mol. The van der Waals surface area contributed by atoms with E-state index in [0.29, 0.717) is 28.1 Å². The fraction of sp³-hybridized carbons (Fsp3) is 0.200. The largest absolute Gasteiger partial charge is 0.351 e. The van der Waals surface area contributed by atoms with Gasteiger partial charge in [-0.2, -0.15) is 0 Å². The number of aliphatic hydroxyl groups excluding tert-OH is 1. The maximum atomic E-state index is 12.6. The fourth-order valence-electron chi connectivity index (χ4n) is 3.35. The number of ether oxygens (including phenoxy) is 1. The van der Waals surface area contributed by atoms with Crippen LogP contribution in [0.3, 0.4) is 0 Å². The monoisotopic (exact) mass is 415 g/mol. The molecule has 1 aromatic heterocycles. The molecule has 4 aromatic rings. The van der Waals surface area contributed by atoms with Crippen molar-refractivity contribution in [2.24, 2.45) is 0 Å². The van der Waals surface area contributed by atoms with Gasteiger partial charge in [0.2, 0.25) is 6.41 Å². The van der Waals surface area contributed by atoms with Crippen LogP contribution >= 0.6 is 0 Å². The lowest BCUT2D eigenvalue weighted by Crippen LogP contribution is -2.26. The Morgan fingerprint density at radius 2 is 1.65 bits per heavy atom. The van der Waals surface area contributed by atoms with E-state index < -0.39 is 12.0 Å². The van der Waals surface area contributed by atoms with Gasteiger partial charge in [0.1, 0.15) is 5.82 Å². The molecule has 3 aromatic carbocycles. The Morgan fingerprint density at radius 1 is 1.00 bits per heavy atom. The molecular formula is C25H25N3O3. The van der Waals surface area contributed by atoms with E-state index in [-0.39, 0.29) is 5.91 Å². The van der Waals surface area contributed by atoms with Gasteiger partial charge in [-0.25, -0.2) is 4.98 Å². The van der Waals surface area contributed by atoms with Gasteiger partial charge in [0.25, 0.3) is 5.91 Å². The lowest BCUT2D eigenvalue weighted by Gasteiger charge is -2.26. The highest BCUT2D eigenvalue weighted by atomic mass is 16.6. The van der Waals surface area contributed by atoms with Crippen LogP contribution in [0.25, 0.3) is 22.4 Å². The molecule has 6 heteroatoms. The zero-order valence-electron chi connectivity index (χ0n) is 17.7. The molecule has 0 saturated heterocycles. The molecule has 0 aliphatic rings. The van der Waals surface area contributed by atoms with Crippen LogP contribution in [0.5, 0.6) is 0 Å². The maximum absolute atomic E-state index is 12.6. The second kappa shape index (κ2) is 8.34. The van der Waals surface area contributed by atoms with E-state index in [1.54, 1.807) is 28.8 Å². The lowest BCUT2D eigenvalue weighted by atomic mass is 10.2. The summed E-state index contributed by atoms with van der Waals surface area (Å²) in [5.41, 5.74) is 2.80. The third kappa shape index (κ3) is 4.66. The number of aliphatic hydroxyl groups is 1. The van der Waals surface area contributed by atoms with Gasteiger partial charge >= 0.3 is 0 Å². The highest BCUT2D eigenvalue weighted by molar-refractivity contribution is 6.05. The number of carbonyl (C=O) groups is 1. The first-order valence-corrected chi connectivity index (χ1v) is 10.1. The topological polar surface area (TPSA) is 76.4 Å². The van der Waals surface area contributed by atoms with Crippen molar-refractivity contribution in [1.29, 1.82) is 0 Å². The summed E-state index contributed by atoms with van der Waals surface area (Å²) in [7, 11) is 0. The molecule has 0 aliphatic carbocycles. The molecule has 6 nitrogen and oxygen atoms in total. The minimum Gasteiger partial charge on any atom is -0.351 e. The van der Waals surface area contributed by atoms with Crippen LogP contribution in [0.1, 0.15) is 37.5 Å². The van der Waals surface area contributed by atoms with Gasteiger partial charge in [-0.3, -0.25) is 9.36 Å². The Hall–Kier alpha value is -3.48. The number of carbonyl (C=O) groups excluding carboxylic acids is 1. The van der Waals surface area contributed by atoms with Crippen LogP contribution < -0.4 is 5.32 Å². The van der Waals surface area contributed by atoms with Gasteiger partial charge in [0, 0.05) is 16.8 Å². The molecule has 4 rings (SSSR count). The fourth-order valence-corrected chi connectivity index (χ4v) is 3.35. The summed E-state index contributed by atoms with van der Waals surface area (Å²) in [6, 6.07) is 24.1. The Bertz CT molecular complexity index is 1200. The second-order valence-corrected chi connectivity index (χ2v) is 8.25. The van der Waals surface area contributed by atoms with Crippen LogP contribution in [-0.2, 0) is 4.74 Å². The third-order valence-electron chi connectivity index (χ3n) is 4.70. The number of benzene rings is 3. The minimum atomic E-state index is -1.25. The second-order valence-electron chi connectivity index (χ2n) is 8.25. The number of anilines is 1. The van der Waals surface area contributed by atoms with Gasteiger partial charge < -0.3 is 15.2 Å². The number of amides is 1. The average molecular weight is 415 g/mol. The molecule has 0 aliphatic heterocycles. The van der Waals surface area contributed by atoms with Crippen molar-refractivity contribution in [3.05, 3.63) is 84.4 Å². The summed E-state index contributed by atoms with van der Waals surface area (Å²) in [6.45, 7) is 5.63. The number of hydrogen-bond donors (Lipinski definition) is 2. The van der Waals surface area contributed by atoms with Gasteiger partial charge in [0.05, 0.1) is 16.6 Å². The summed E-state index contributed by atoms with van der Waals surface area (Å²) in [4.78, 5) is 17.3. The number of imidazole rings is 1. The van der Waals surface area contributed by atoms with Crippen LogP contribution in [-0.4, -0.2) is 26.2 Å². The van der Waals surface area contributed by atoms with E-state index in [4.69, 9.17) is 9.72 Å². The number of hydrogen-bond acceptors (Lipinski definition) is 4. The Balaban J connectivity index is 1.78. The zero-order chi connectivity index (χ0) is 22.0. The average Bonchev–Trinajstić information content (AvgIpc) is 3.13. The number of nitrogens with one attached hydrogen (secondary N) is 1. The summed E-state index contributed by atoms with van der Waals surface area (Å²) >= 11 is 0. The van der Waals surface area contributed by atoms with Crippen LogP contribution in [0.2, 0.25) is 0 Å². The van der Waals surface area contributed by atoms with E-state index in [0.717, 1.165) is 5.56 Å². The molecule has 0 fully saturated rings. The quantitative estimate of drug-likeness (QED) is 0.438. The third-order valence-corrected chi connectivity index (χ3v) is 4.70. The number of rotatable bonds is 5. The number of fused-ring (bicyclic) bond motifs is 1. The van der Waals surface area contributed by atoms with Crippen molar-refractivity contribution in [2.75, 3.05) is 5.32 Å². The van der Waals surface area contributed by atoms with E-state index in [1.807, 2.05) is 75.4 Å². The molecule has 0 radical (unpaired) electrons. The van der Waals surface area contributed by atoms with Gasteiger partial charge in [-0.05, 0) is 51.1 Å². The van der Waals surface area contributed by atoms with Gasteiger partial charge in [-0.1, -0.05) is 48.5 Å². The highest BCUT2D eigenvalue weighted by Gasteiger charge is 2.24. The van der Waals surface area contributed by atoms with Crippen molar-refractivity contribution >= 4 is 22.6 Å². The summed E-state index contributed by atoms with van der Waals surface area (Å²) < 4.78 is 7.48. The summed E-state index contributed by atoms with van der Waals surface area (Å²) in [6.07, 6.45) is -1.25. The molecule has 1 heterocycles. The molecule has 1 unspecified atom stereocenters. The van der Waals surface area contributed by atoms with E-state index >= 15 is 0 Å². The molecule has 0 spiro atoms. The maximum Gasteiger partial charge on any atom is 0.255 e. The minimum absolute atomic E-state index is 0.208. The molecule has 1 amide bonds. The Morgan fingerprint density at radius 3 is 2.29 bits per heavy atom. The number of aromatic nitrogens is 2. The molecule has 0 bridgehead atoms. The van der Waals surface area contributed by atoms with Crippen LogP contribution in [0.4, 0.5) is 5.69 Å². The lowest BCUT2D eigenvalue weighted by molar-refractivity contribution is -0.207. The van der Waals surface area contributed by atoms with Crippen molar-refractivity contribution in [3.63, 3.8) is 0 Å². The normalized spacial score (nSPS) is 12.6. The standard InChI is InChI=1S/C25H25N3O3/c1-25(2,3)31-24(30)28-21-16-19(26-23(29)18-12-8-5-9-13-18)14-15-20(21)27-22(28)17-10-6-4-7-11-17/h4-16,24,30H,1-3H3,(H,26,29). The van der Waals surface area contributed by atoms with Crippen molar-refractivity contribution in [3.8, 4) is 11.4 Å². The molecule has 158 valence electrons. The van der Waals surface area contributed by atoms with Crippen LogP contribution in [0, 0.1) is 0 Å². The molecule has 0 saturated carbocycles. The van der Waals surface area contributed by atoms with E-state index in [2.05, 4.69) is 5.32 Å². The van der Waals surface area contributed by atoms with Crippen molar-refractivity contribution in [1.82, 2.24) is 9.55 Å². The molecule has 1 atom stereocenters. The summed E-state index contributed by atoms with van der Waals surface area (Å²) in [5.74, 6) is 0.375. The van der Waals surface area contributed by atoms with Gasteiger partial charge in [0.15, 0.2) is 0 Å². The first-order valence-electron chi connectivity index (χ1n) is 10.1. The molecule has 31 heavy (non-hydrogen) atoms. The van der Waals surface area contributed by atoms with Crippen molar-refractivity contribution in [2.45, 2.75) is 32.8 Å².